The minimum atomic E-state index is -0.863. The van der Waals surface area contributed by atoms with Crippen LogP contribution in [0.25, 0.3) is 0 Å². The number of carbonyl (C=O) groups is 2. The Kier molecular flexibility index (Phi) is 4.24. The quantitative estimate of drug-likeness (QED) is 0.617. The summed E-state index contributed by atoms with van der Waals surface area (Å²) in [6.07, 6.45) is 6.31. The fourth-order valence-electron chi connectivity index (χ4n) is 3.97. The van der Waals surface area contributed by atoms with Crippen LogP contribution in [-0.4, -0.2) is 28.7 Å². The molecule has 1 amide bonds. The maximum Gasteiger partial charge on any atom is 0.307 e. The summed E-state index contributed by atoms with van der Waals surface area (Å²) >= 11 is 0. The number of hydrogen-bond donors (Lipinski definition) is 2. The summed E-state index contributed by atoms with van der Waals surface area (Å²) in [6.45, 7) is 4.32. The Balaban J connectivity index is 1.52. The molecule has 124 valence electrons. The number of nitrogens with one attached hydrogen (secondary N) is 1. The van der Waals surface area contributed by atoms with Gasteiger partial charge in [0.25, 0.3) is 0 Å². The van der Waals surface area contributed by atoms with E-state index in [0.29, 0.717) is 6.54 Å². The SMILES string of the molecule is Cc1noc(C)c1CCCNC(=O)[C@H]1[C@H](C(=O)O)[C@H]2C=C[C@H]1C2. The van der Waals surface area contributed by atoms with Gasteiger partial charge in [-0.2, -0.15) is 0 Å². The van der Waals surface area contributed by atoms with Crippen LogP contribution in [0.4, 0.5) is 0 Å². The Morgan fingerprint density at radius 3 is 2.61 bits per heavy atom. The molecule has 1 saturated carbocycles. The third-order valence-electron chi connectivity index (χ3n) is 5.13. The van der Waals surface area contributed by atoms with Gasteiger partial charge < -0.3 is 14.9 Å². The predicted octanol–water partition coefficient (Wildman–Crippen LogP) is 1.86. The lowest BCUT2D eigenvalue weighted by Crippen LogP contribution is -2.40. The van der Waals surface area contributed by atoms with Gasteiger partial charge in [-0.15, -0.1) is 0 Å². The number of rotatable bonds is 6. The number of aromatic nitrogens is 1. The van der Waals surface area contributed by atoms with Gasteiger partial charge in [0.05, 0.1) is 17.5 Å². The molecule has 6 heteroatoms. The number of amides is 1. The van der Waals surface area contributed by atoms with Crippen LogP contribution in [0.2, 0.25) is 0 Å². The van der Waals surface area contributed by atoms with E-state index >= 15 is 0 Å². The summed E-state index contributed by atoms with van der Waals surface area (Å²) in [7, 11) is 0. The molecule has 23 heavy (non-hydrogen) atoms. The Morgan fingerprint density at radius 1 is 1.30 bits per heavy atom. The topological polar surface area (TPSA) is 92.4 Å². The van der Waals surface area contributed by atoms with Crippen LogP contribution in [0.5, 0.6) is 0 Å². The maximum atomic E-state index is 12.4. The number of hydrogen-bond acceptors (Lipinski definition) is 4. The van der Waals surface area contributed by atoms with Crippen LogP contribution < -0.4 is 5.32 Å². The first-order chi connectivity index (χ1) is 11.0. The second-order valence-electron chi connectivity index (χ2n) is 6.54. The molecule has 6 nitrogen and oxygen atoms in total. The average Bonchev–Trinajstić information content (AvgIpc) is 3.19. The van der Waals surface area contributed by atoms with Gasteiger partial charge in [-0.05, 0) is 44.9 Å². The fourth-order valence-corrected chi connectivity index (χ4v) is 3.97. The molecule has 1 heterocycles. The Hall–Kier alpha value is -2.11. The molecule has 0 aromatic carbocycles. The molecule has 0 unspecified atom stereocenters. The van der Waals surface area contributed by atoms with E-state index in [4.69, 9.17) is 4.52 Å². The van der Waals surface area contributed by atoms with Crippen molar-refractivity contribution in [2.45, 2.75) is 33.1 Å². The number of carboxylic acid groups (broad SMARTS) is 1. The van der Waals surface area contributed by atoms with Crippen molar-refractivity contribution in [2.75, 3.05) is 6.54 Å². The van der Waals surface area contributed by atoms with Gasteiger partial charge in [0.1, 0.15) is 5.76 Å². The zero-order chi connectivity index (χ0) is 16.6. The van der Waals surface area contributed by atoms with Gasteiger partial charge in [-0.25, -0.2) is 0 Å². The number of aryl methyl sites for hydroxylation is 2. The van der Waals surface area contributed by atoms with Crippen LogP contribution >= 0.6 is 0 Å². The maximum absolute atomic E-state index is 12.4. The highest BCUT2D eigenvalue weighted by Gasteiger charge is 2.51. The van der Waals surface area contributed by atoms with Gasteiger partial charge in [0, 0.05) is 12.1 Å². The number of carbonyl (C=O) groups excluding carboxylic acids is 1. The fraction of sp³-hybridized carbons (Fsp3) is 0.588. The zero-order valence-electron chi connectivity index (χ0n) is 13.4. The lowest BCUT2D eigenvalue weighted by Gasteiger charge is -2.23. The van der Waals surface area contributed by atoms with Crippen molar-refractivity contribution in [2.24, 2.45) is 23.7 Å². The minimum absolute atomic E-state index is 0.00977. The standard InChI is InChI=1S/C17H22N2O4/c1-9-13(10(2)23-19-9)4-3-7-18-16(20)14-11-5-6-12(8-11)15(14)17(21)22/h5-6,11-12,14-15H,3-4,7-8H2,1-2H3,(H,18,20)(H,21,22)/t11-,12-,14+,15+/m0/s1. The smallest absolute Gasteiger partial charge is 0.307 e. The second-order valence-corrected chi connectivity index (χ2v) is 6.54. The van der Waals surface area contributed by atoms with Gasteiger partial charge in [-0.3, -0.25) is 9.59 Å². The van der Waals surface area contributed by atoms with Crippen LogP contribution in [0.15, 0.2) is 16.7 Å². The van der Waals surface area contributed by atoms with E-state index in [1.165, 1.54) is 0 Å². The largest absolute Gasteiger partial charge is 0.481 e. The molecular weight excluding hydrogens is 296 g/mol. The third kappa shape index (κ3) is 2.90. The summed E-state index contributed by atoms with van der Waals surface area (Å²) < 4.78 is 5.12. The first-order valence-corrected chi connectivity index (χ1v) is 8.09. The molecule has 0 saturated heterocycles. The predicted molar refractivity (Wildman–Crippen MR) is 82.7 cm³/mol. The summed E-state index contributed by atoms with van der Waals surface area (Å²) in [5, 5.41) is 16.2. The first-order valence-electron chi connectivity index (χ1n) is 8.09. The molecule has 2 bridgehead atoms. The lowest BCUT2D eigenvalue weighted by molar-refractivity contribution is -0.147. The summed E-state index contributed by atoms with van der Waals surface area (Å²) in [6, 6.07) is 0. The second kappa shape index (κ2) is 6.18. The van der Waals surface area contributed by atoms with Crippen molar-refractivity contribution in [3.05, 3.63) is 29.2 Å². The van der Waals surface area contributed by atoms with E-state index in [-0.39, 0.29) is 17.7 Å². The lowest BCUT2D eigenvalue weighted by atomic mass is 9.82. The van der Waals surface area contributed by atoms with Crippen molar-refractivity contribution in [3.8, 4) is 0 Å². The van der Waals surface area contributed by atoms with Crippen LogP contribution in [0, 0.1) is 37.5 Å². The van der Waals surface area contributed by atoms with Crippen LogP contribution in [0.1, 0.15) is 29.9 Å². The molecule has 2 aliphatic carbocycles. The minimum Gasteiger partial charge on any atom is -0.481 e. The van der Waals surface area contributed by atoms with Crippen LogP contribution in [0.3, 0.4) is 0 Å². The number of nitrogens with zero attached hydrogens (tertiary/aromatic N) is 1. The summed E-state index contributed by atoms with van der Waals surface area (Å²) in [5.41, 5.74) is 1.98. The third-order valence-corrected chi connectivity index (χ3v) is 5.13. The average molecular weight is 318 g/mol. The van der Waals surface area contributed by atoms with Crippen molar-refractivity contribution >= 4 is 11.9 Å². The summed E-state index contributed by atoms with van der Waals surface area (Å²) in [5.74, 6) is -1.10. The number of carboxylic acids is 1. The zero-order valence-corrected chi connectivity index (χ0v) is 13.4. The van der Waals surface area contributed by atoms with E-state index in [1.54, 1.807) is 0 Å². The highest BCUT2D eigenvalue weighted by molar-refractivity contribution is 5.86. The molecule has 2 aliphatic rings. The monoisotopic (exact) mass is 318 g/mol. The summed E-state index contributed by atoms with van der Waals surface area (Å²) in [4.78, 5) is 23.8. The number of fused-ring (bicyclic) bond motifs is 2. The first kappa shape index (κ1) is 15.8. The van der Waals surface area contributed by atoms with Gasteiger partial charge in [-0.1, -0.05) is 17.3 Å². The Labute approximate surface area is 134 Å². The molecule has 2 N–H and O–H groups in total. The molecule has 1 aromatic heterocycles. The van der Waals surface area contributed by atoms with Gasteiger partial charge in [0.2, 0.25) is 5.91 Å². The van der Waals surface area contributed by atoms with Gasteiger partial charge in [0.15, 0.2) is 0 Å². The van der Waals surface area contributed by atoms with E-state index in [2.05, 4.69) is 10.5 Å². The van der Waals surface area contributed by atoms with E-state index in [0.717, 1.165) is 36.3 Å². The molecule has 1 fully saturated rings. The molecular formula is C17H22N2O4. The Bertz CT molecular complexity index is 630. The molecule has 1 aromatic rings. The van der Waals surface area contributed by atoms with Crippen molar-refractivity contribution in [3.63, 3.8) is 0 Å². The van der Waals surface area contributed by atoms with Crippen molar-refractivity contribution in [1.29, 1.82) is 0 Å². The molecule has 0 aliphatic heterocycles. The van der Waals surface area contributed by atoms with E-state index < -0.39 is 17.8 Å². The normalized spacial score (nSPS) is 28.3. The van der Waals surface area contributed by atoms with Crippen molar-refractivity contribution < 1.29 is 19.2 Å². The molecule has 0 spiro atoms. The molecule has 0 radical (unpaired) electrons. The Morgan fingerprint density at radius 2 is 2.00 bits per heavy atom. The number of aliphatic carboxylic acids is 1. The highest BCUT2D eigenvalue weighted by atomic mass is 16.5. The van der Waals surface area contributed by atoms with Gasteiger partial charge >= 0.3 is 5.97 Å². The van der Waals surface area contributed by atoms with E-state index in [9.17, 15) is 14.7 Å². The highest BCUT2D eigenvalue weighted by Crippen LogP contribution is 2.48. The van der Waals surface area contributed by atoms with Crippen LogP contribution in [-0.2, 0) is 16.0 Å². The van der Waals surface area contributed by atoms with E-state index in [1.807, 2.05) is 26.0 Å². The molecule has 4 atom stereocenters. The number of allylic oxidation sites excluding steroid dienone is 2. The molecule has 3 rings (SSSR count). The van der Waals surface area contributed by atoms with Crippen molar-refractivity contribution in [1.82, 2.24) is 10.5 Å².